The highest BCUT2D eigenvalue weighted by atomic mass is 16.7. The Balaban J connectivity index is 2.11. The van der Waals surface area contributed by atoms with E-state index in [-0.39, 0.29) is 0 Å². The van der Waals surface area contributed by atoms with Crippen LogP contribution in [-0.2, 0) is 18.9 Å². The van der Waals surface area contributed by atoms with Gasteiger partial charge in [-0.25, -0.2) is 9.59 Å². The zero-order valence-electron chi connectivity index (χ0n) is 22.5. The summed E-state index contributed by atoms with van der Waals surface area (Å²) < 4.78 is 20.7. The number of cyclic esters (lactones) is 4. The average Bonchev–Trinajstić information content (AvgIpc) is 2.85. The van der Waals surface area contributed by atoms with E-state index in [2.05, 4.69) is 0 Å². The summed E-state index contributed by atoms with van der Waals surface area (Å²) in [5, 5.41) is 0. The van der Waals surface area contributed by atoms with Gasteiger partial charge in [0.2, 0.25) is 0 Å². The minimum atomic E-state index is -0.506. The lowest BCUT2D eigenvalue weighted by Gasteiger charge is -2.07. The maximum atomic E-state index is 11.6. The van der Waals surface area contributed by atoms with Crippen LogP contribution in [0.25, 0.3) is 0 Å². The van der Waals surface area contributed by atoms with Gasteiger partial charge in [0, 0.05) is 0 Å². The topological polar surface area (TPSA) is 71.1 Å². The van der Waals surface area contributed by atoms with Crippen molar-refractivity contribution in [2.75, 3.05) is 26.4 Å². The van der Waals surface area contributed by atoms with Crippen molar-refractivity contribution in [1.82, 2.24) is 0 Å². The number of carbonyl (C=O) groups is 2. The fourth-order valence-electron chi connectivity index (χ4n) is 4.47. The summed E-state index contributed by atoms with van der Waals surface area (Å²) in [6.07, 6.45) is 26.0. The molecule has 1 rings (SSSR count). The van der Waals surface area contributed by atoms with Crippen LogP contribution in [0.1, 0.15) is 148 Å². The van der Waals surface area contributed by atoms with Crippen molar-refractivity contribution in [1.29, 1.82) is 0 Å². The summed E-state index contributed by atoms with van der Waals surface area (Å²) in [6.45, 7) is 1.89. The second-order valence-corrected chi connectivity index (χ2v) is 10.0. The van der Waals surface area contributed by atoms with Gasteiger partial charge in [0.1, 0.15) is 0 Å². The summed E-state index contributed by atoms with van der Waals surface area (Å²) in [5.41, 5.74) is 0. The smallest absolute Gasteiger partial charge is 0.434 e. The minimum Gasteiger partial charge on any atom is -0.434 e. The van der Waals surface area contributed by atoms with Crippen LogP contribution in [-0.4, -0.2) is 38.7 Å². The summed E-state index contributed by atoms with van der Waals surface area (Å²) in [5.74, 6) is 0. The lowest BCUT2D eigenvalue weighted by molar-refractivity contribution is 0.0519. The van der Waals surface area contributed by atoms with Gasteiger partial charge in [-0.15, -0.1) is 0 Å². The summed E-state index contributed by atoms with van der Waals surface area (Å²) in [7, 11) is 0. The molecule has 0 atom stereocenters. The maximum Gasteiger partial charge on any atom is 0.508 e. The van der Waals surface area contributed by atoms with E-state index in [1.165, 1.54) is 96.3 Å². The van der Waals surface area contributed by atoms with Crippen molar-refractivity contribution in [2.24, 2.45) is 0 Å². The van der Waals surface area contributed by atoms with Crippen LogP contribution in [0.4, 0.5) is 9.59 Å². The number of ether oxygens (including phenoxy) is 4. The molecule has 35 heavy (non-hydrogen) atoms. The molecule has 6 nitrogen and oxygen atoms in total. The Hall–Kier alpha value is -1.46. The molecule has 0 saturated carbocycles. The molecule has 0 aromatic rings. The van der Waals surface area contributed by atoms with Crippen LogP contribution in [0.5, 0.6) is 0 Å². The van der Waals surface area contributed by atoms with E-state index in [1.54, 1.807) is 0 Å². The van der Waals surface area contributed by atoms with E-state index in [0.29, 0.717) is 26.4 Å². The third-order valence-corrected chi connectivity index (χ3v) is 6.71. The monoisotopic (exact) mass is 498 g/mol. The van der Waals surface area contributed by atoms with E-state index >= 15 is 0 Å². The largest absolute Gasteiger partial charge is 0.508 e. The standard InChI is InChI=1S/C29H54O6/c30-28-32-24-20-16-12-8-4-2-1-3-5-9-13-17-21-25-33-29(31)35-27-23-19-15-11-7-6-10-14-18-22-26-34-28/h1-27H2. The number of rotatable bonds is 0. The molecule has 1 saturated heterocycles. The Morgan fingerprint density at radius 2 is 0.400 bits per heavy atom. The molecule has 0 amide bonds. The first-order valence-electron chi connectivity index (χ1n) is 14.9. The van der Waals surface area contributed by atoms with Crippen molar-refractivity contribution < 1.29 is 28.5 Å². The number of hydrogen-bond donors (Lipinski definition) is 0. The molecule has 0 aliphatic carbocycles. The van der Waals surface area contributed by atoms with Crippen LogP contribution in [0.2, 0.25) is 0 Å². The molecular formula is C29H54O6. The quantitative estimate of drug-likeness (QED) is 0.310. The van der Waals surface area contributed by atoms with Gasteiger partial charge in [-0.3, -0.25) is 0 Å². The third kappa shape index (κ3) is 24.0. The lowest BCUT2D eigenvalue weighted by Crippen LogP contribution is -2.09. The molecule has 0 unspecified atom stereocenters. The SMILES string of the molecule is O=C1OCCCCCCCCCCCCCCCOC(=O)OCCCCCCCCCCCCO1. The Bertz CT molecular complexity index is 440. The van der Waals surface area contributed by atoms with E-state index < -0.39 is 12.3 Å². The fraction of sp³-hybridized carbons (Fsp3) is 0.931. The zero-order valence-corrected chi connectivity index (χ0v) is 22.5. The van der Waals surface area contributed by atoms with Gasteiger partial charge in [0.25, 0.3) is 0 Å². The molecule has 0 aromatic carbocycles. The summed E-state index contributed by atoms with van der Waals surface area (Å²) >= 11 is 0. The summed E-state index contributed by atoms with van der Waals surface area (Å²) in [6, 6.07) is 0. The van der Waals surface area contributed by atoms with Gasteiger partial charge in [0.05, 0.1) is 26.4 Å². The molecule has 0 N–H and O–H groups in total. The van der Waals surface area contributed by atoms with Crippen molar-refractivity contribution in [3.63, 3.8) is 0 Å². The normalized spacial score (nSPS) is 22.5. The van der Waals surface area contributed by atoms with Crippen LogP contribution in [0.15, 0.2) is 0 Å². The van der Waals surface area contributed by atoms with Gasteiger partial charge >= 0.3 is 12.3 Å². The van der Waals surface area contributed by atoms with Gasteiger partial charge in [-0.2, -0.15) is 0 Å². The second-order valence-electron chi connectivity index (χ2n) is 10.0. The minimum absolute atomic E-state index is 0.467. The molecule has 0 spiro atoms. The highest BCUT2D eigenvalue weighted by molar-refractivity contribution is 5.60. The third-order valence-electron chi connectivity index (χ3n) is 6.71. The van der Waals surface area contributed by atoms with Crippen molar-refractivity contribution in [3.05, 3.63) is 0 Å². The zero-order chi connectivity index (χ0) is 25.1. The lowest BCUT2D eigenvalue weighted by atomic mass is 10.0. The molecule has 0 aromatic heterocycles. The Morgan fingerprint density at radius 3 is 0.571 bits per heavy atom. The highest BCUT2D eigenvalue weighted by Crippen LogP contribution is 2.13. The molecule has 1 aliphatic rings. The first-order chi connectivity index (χ1) is 17.3. The van der Waals surface area contributed by atoms with Crippen LogP contribution >= 0.6 is 0 Å². The highest BCUT2D eigenvalue weighted by Gasteiger charge is 2.04. The van der Waals surface area contributed by atoms with Crippen LogP contribution in [0.3, 0.4) is 0 Å². The summed E-state index contributed by atoms with van der Waals surface area (Å²) in [4.78, 5) is 23.2. The molecule has 0 radical (unpaired) electrons. The van der Waals surface area contributed by atoms with Crippen molar-refractivity contribution >= 4 is 12.3 Å². The van der Waals surface area contributed by atoms with E-state index in [1.807, 2.05) is 0 Å². The first-order valence-corrected chi connectivity index (χ1v) is 14.9. The van der Waals surface area contributed by atoms with E-state index in [0.717, 1.165) is 51.4 Å². The molecular weight excluding hydrogens is 444 g/mol. The van der Waals surface area contributed by atoms with Crippen LogP contribution < -0.4 is 0 Å². The number of hydrogen-bond acceptors (Lipinski definition) is 6. The first kappa shape index (κ1) is 31.6. The maximum absolute atomic E-state index is 11.6. The van der Waals surface area contributed by atoms with Crippen molar-refractivity contribution in [2.45, 2.75) is 148 Å². The van der Waals surface area contributed by atoms with Gasteiger partial charge in [0.15, 0.2) is 0 Å². The molecule has 206 valence electrons. The molecule has 0 bridgehead atoms. The van der Waals surface area contributed by atoms with E-state index in [9.17, 15) is 9.59 Å². The number of carbonyl (C=O) groups excluding carboxylic acids is 2. The van der Waals surface area contributed by atoms with E-state index in [4.69, 9.17) is 18.9 Å². The average molecular weight is 499 g/mol. The Morgan fingerprint density at radius 1 is 0.257 bits per heavy atom. The molecule has 1 fully saturated rings. The fourth-order valence-corrected chi connectivity index (χ4v) is 4.47. The predicted molar refractivity (Wildman–Crippen MR) is 141 cm³/mol. The molecule has 6 heteroatoms. The second kappa shape index (κ2) is 25.6. The molecule has 1 aliphatic heterocycles. The van der Waals surface area contributed by atoms with Gasteiger partial charge in [-0.05, 0) is 25.7 Å². The van der Waals surface area contributed by atoms with Gasteiger partial charge < -0.3 is 18.9 Å². The van der Waals surface area contributed by atoms with Gasteiger partial charge in [-0.1, -0.05) is 122 Å². The Labute approximate surface area is 215 Å². The molecule has 1 heterocycles. The predicted octanol–water partition coefficient (Wildman–Crippen LogP) is 9.28. The van der Waals surface area contributed by atoms with Crippen molar-refractivity contribution in [3.8, 4) is 0 Å². The van der Waals surface area contributed by atoms with Crippen LogP contribution in [0, 0.1) is 0 Å². The Kier molecular flexibility index (Phi) is 23.1.